The van der Waals surface area contributed by atoms with Crippen LogP contribution in [-0.2, 0) is 0 Å². The molecule has 2 aromatic carbocycles. The minimum atomic E-state index is -0.912. The molecule has 2 unspecified atom stereocenters. The van der Waals surface area contributed by atoms with E-state index in [2.05, 4.69) is 0 Å². The van der Waals surface area contributed by atoms with Crippen LogP contribution in [0.4, 0.5) is 4.39 Å². The van der Waals surface area contributed by atoms with E-state index < -0.39 is 17.8 Å². The first kappa shape index (κ1) is 16.2. The zero-order chi connectivity index (χ0) is 15.6. The maximum Gasteiger partial charge on any atom is 0.124 e. The number of hydrogen-bond acceptors (Lipinski definition) is 2. The first-order chi connectivity index (χ1) is 9.95. The van der Waals surface area contributed by atoms with Crippen molar-refractivity contribution in [3.8, 4) is 0 Å². The van der Waals surface area contributed by atoms with Gasteiger partial charge in [0.25, 0.3) is 0 Å². The lowest BCUT2D eigenvalue weighted by molar-refractivity contribution is 0.147. The van der Waals surface area contributed by atoms with Crippen LogP contribution in [0.5, 0.6) is 0 Å². The molecular formula is C16H16Cl2FNO. The second-order valence-corrected chi connectivity index (χ2v) is 5.72. The predicted octanol–water partition coefficient (Wildman–Crippen LogP) is 4.22. The average Bonchev–Trinajstić information content (AvgIpc) is 2.44. The Morgan fingerprint density at radius 3 is 2.52 bits per heavy atom. The Labute approximate surface area is 133 Å². The summed E-state index contributed by atoms with van der Waals surface area (Å²) in [5.41, 5.74) is 7.84. The first-order valence-electron chi connectivity index (χ1n) is 6.53. The standard InChI is InChI=1S/C16H16Cl2FNO/c1-9-3-2-4-12(15(9)18)16(21)13(8-20)11-6-5-10(19)7-14(11)17/h2-7,13,16,21H,8,20H2,1H3. The molecular weight excluding hydrogens is 312 g/mol. The van der Waals surface area contributed by atoms with Gasteiger partial charge in [0.15, 0.2) is 0 Å². The summed E-state index contributed by atoms with van der Waals surface area (Å²) in [7, 11) is 0. The Morgan fingerprint density at radius 2 is 1.90 bits per heavy atom. The van der Waals surface area contributed by atoms with Crippen molar-refractivity contribution in [1.82, 2.24) is 0 Å². The molecule has 0 aromatic heterocycles. The molecule has 0 aliphatic carbocycles. The molecule has 0 amide bonds. The van der Waals surface area contributed by atoms with Crippen LogP contribution in [0.2, 0.25) is 10.0 Å². The van der Waals surface area contributed by atoms with E-state index in [4.69, 9.17) is 28.9 Å². The van der Waals surface area contributed by atoms with Crippen LogP contribution in [0.3, 0.4) is 0 Å². The van der Waals surface area contributed by atoms with Gasteiger partial charge in [-0.25, -0.2) is 4.39 Å². The van der Waals surface area contributed by atoms with Crippen molar-refractivity contribution < 1.29 is 9.50 Å². The topological polar surface area (TPSA) is 46.2 Å². The van der Waals surface area contributed by atoms with Gasteiger partial charge in [0, 0.05) is 28.1 Å². The maximum absolute atomic E-state index is 13.2. The van der Waals surface area contributed by atoms with Gasteiger partial charge in [-0.3, -0.25) is 0 Å². The van der Waals surface area contributed by atoms with E-state index in [-0.39, 0.29) is 11.6 Å². The van der Waals surface area contributed by atoms with Crippen LogP contribution in [0.25, 0.3) is 0 Å². The van der Waals surface area contributed by atoms with Crippen LogP contribution in [0.15, 0.2) is 36.4 Å². The lowest BCUT2D eigenvalue weighted by atomic mass is 9.88. The molecule has 21 heavy (non-hydrogen) atoms. The van der Waals surface area contributed by atoms with Gasteiger partial charge in [-0.2, -0.15) is 0 Å². The van der Waals surface area contributed by atoms with Gasteiger partial charge in [-0.05, 0) is 30.2 Å². The third-order valence-electron chi connectivity index (χ3n) is 3.54. The third-order valence-corrected chi connectivity index (χ3v) is 4.38. The molecule has 3 N–H and O–H groups in total. The first-order valence-corrected chi connectivity index (χ1v) is 7.29. The van der Waals surface area contributed by atoms with E-state index in [1.54, 1.807) is 12.1 Å². The Morgan fingerprint density at radius 1 is 1.19 bits per heavy atom. The molecule has 2 rings (SSSR count). The number of aliphatic hydroxyl groups is 1. The molecule has 2 atom stereocenters. The highest BCUT2D eigenvalue weighted by molar-refractivity contribution is 6.32. The molecule has 0 aliphatic rings. The molecule has 2 nitrogen and oxygen atoms in total. The van der Waals surface area contributed by atoms with Crippen molar-refractivity contribution in [2.45, 2.75) is 18.9 Å². The summed E-state index contributed by atoms with van der Waals surface area (Å²) in [6.07, 6.45) is -0.912. The van der Waals surface area contributed by atoms with Gasteiger partial charge >= 0.3 is 0 Å². The highest BCUT2D eigenvalue weighted by Gasteiger charge is 2.25. The van der Waals surface area contributed by atoms with Gasteiger partial charge in [0.2, 0.25) is 0 Å². The van der Waals surface area contributed by atoms with Crippen LogP contribution in [0.1, 0.15) is 28.7 Å². The molecule has 0 saturated carbocycles. The molecule has 0 saturated heterocycles. The molecule has 0 fully saturated rings. The molecule has 0 bridgehead atoms. The number of hydrogen-bond donors (Lipinski definition) is 2. The summed E-state index contributed by atoms with van der Waals surface area (Å²) in [5.74, 6) is -0.889. The molecule has 2 aromatic rings. The zero-order valence-electron chi connectivity index (χ0n) is 11.5. The number of rotatable bonds is 4. The Hall–Kier alpha value is -1.13. The minimum absolute atomic E-state index is 0.163. The quantitative estimate of drug-likeness (QED) is 0.883. The molecule has 112 valence electrons. The van der Waals surface area contributed by atoms with Crippen molar-refractivity contribution in [3.63, 3.8) is 0 Å². The number of nitrogens with two attached hydrogens (primary N) is 1. The highest BCUT2D eigenvalue weighted by atomic mass is 35.5. The second-order valence-electron chi connectivity index (χ2n) is 4.93. The fourth-order valence-electron chi connectivity index (χ4n) is 2.34. The Bertz CT molecular complexity index is 648. The summed E-state index contributed by atoms with van der Waals surface area (Å²) >= 11 is 12.3. The fourth-order valence-corrected chi connectivity index (χ4v) is 2.89. The summed E-state index contributed by atoms with van der Waals surface area (Å²) in [5, 5.41) is 11.4. The van der Waals surface area contributed by atoms with E-state index >= 15 is 0 Å². The maximum atomic E-state index is 13.2. The molecule has 0 heterocycles. The van der Waals surface area contributed by atoms with Crippen molar-refractivity contribution in [2.75, 3.05) is 6.54 Å². The van der Waals surface area contributed by atoms with Crippen LogP contribution in [-0.4, -0.2) is 11.7 Å². The van der Waals surface area contributed by atoms with Crippen LogP contribution < -0.4 is 5.73 Å². The van der Waals surface area contributed by atoms with E-state index in [0.717, 1.165) is 5.56 Å². The fraction of sp³-hybridized carbons (Fsp3) is 0.250. The normalized spacial score (nSPS) is 14.0. The third kappa shape index (κ3) is 3.38. The SMILES string of the molecule is Cc1cccc(C(O)C(CN)c2ccc(F)cc2Cl)c1Cl. The van der Waals surface area contributed by atoms with Gasteiger partial charge in [0.1, 0.15) is 5.82 Å². The van der Waals surface area contributed by atoms with E-state index in [9.17, 15) is 9.50 Å². The van der Waals surface area contributed by atoms with Crippen molar-refractivity contribution in [3.05, 3.63) is 69.0 Å². The molecule has 0 radical (unpaired) electrons. The largest absolute Gasteiger partial charge is 0.388 e. The molecule has 5 heteroatoms. The molecule has 0 aliphatic heterocycles. The summed E-state index contributed by atoms with van der Waals surface area (Å²) in [6.45, 7) is 2.03. The van der Waals surface area contributed by atoms with E-state index in [0.29, 0.717) is 16.1 Å². The Kier molecular flexibility index (Phi) is 5.22. The van der Waals surface area contributed by atoms with Gasteiger partial charge in [-0.1, -0.05) is 47.5 Å². The van der Waals surface area contributed by atoms with Gasteiger partial charge in [0.05, 0.1) is 6.10 Å². The van der Waals surface area contributed by atoms with Crippen LogP contribution >= 0.6 is 23.2 Å². The summed E-state index contributed by atoms with van der Waals surface area (Å²) in [4.78, 5) is 0. The summed E-state index contributed by atoms with van der Waals surface area (Å²) in [6, 6.07) is 9.49. The molecule has 0 spiro atoms. The number of halogens is 3. The lowest BCUT2D eigenvalue weighted by Gasteiger charge is -2.24. The van der Waals surface area contributed by atoms with Crippen molar-refractivity contribution >= 4 is 23.2 Å². The van der Waals surface area contributed by atoms with Crippen molar-refractivity contribution in [1.29, 1.82) is 0 Å². The number of aliphatic hydroxyl groups excluding tert-OH is 1. The van der Waals surface area contributed by atoms with Gasteiger partial charge in [-0.15, -0.1) is 0 Å². The lowest BCUT2D eigenvalue weighted by Crippen LogP contribution is -2.21. The zero-order valence-corrected chi connectivity index (χ0v) is 13.0. The smallest absolute Gasteiger partial charge is 0.124 e. The number of aryl methyl sites for hydroxylation is 1. The van der Waals surface area contributed by atoms with E-state index in [1.807, 2.05) is 19.1 Å². The minimum Gasteiger partial charge on any atom is -0.388 e. The average molecular weight is 328 g/mol. The summed E-state index contributed by atoms with van der Waals surface area (Å²) < 4.78 is 13.2. The van der Waals surface area contributed by atoms with Gasteiger partial charge < -0.3 is 10.8 Å². The van der Waals surface area contributed by atoms with Crippen molar-refractivity contribution in [2.24, 2.45) is 5.73 Å². The Balaban J connectivity index is 2.43. The number of benzene rings is 2. The second kappa shape index (κ2) is 6.75. The monoisotopic (exact) mass is 327 g/mol. The van der Waals surface area contributed by atoms with E-state index in [1.165, 1.54) is 12.1 Å². The predicted molar refractivity (Wildman–Crippen MR) is 84.4 cm³/mol. The van der Waals surface area contributed by atoms with Crippen LogP contribution in [0, 0.1) is 12.7 Å². The highest BCUT2D eigenvalue weighted by Crippen LogP contribution is 2.37.